The van der Waals surface area contributed by atoms with Crippen molar-refractivity contribution in [2.75, 3.05) is 13.1 Å². The average Bonchev–Trinajstić information content (AvgIpc) is 3.07. The third-order valence-corrected chi connectivity index (χ3v) is 5.41. The molecule has 1 N–H and O–H groups in total. The molecule has 1 amide bonds. The zero-order chi connectivity index (χ0) is 16.7. The van der Waals surface area contributed by atoms with Gasteiger partial charge in [0, 0.05) is 24.2 Å². The molecule has 24 heavy (non-hydrogen) atoms. The lowest BCUT2D eigenvalue weighted by atomic mass is 9.80. The van der Waals surface area contributed by atoms with Gasteiger partial charge in [0.2, 0.25) is 0 Å². The molecule has 0 radical (unpaired) electrons. The van der Waals surface area contributed by atoms with Gasteiger partial charge in [0.1, 0.15) is 0 Å². The molecule has 3 fully saturated rings. The van der Waals surface area contributed by atoms with Gasteiger partial charge in [-0.15, -0.1) is 0 Å². The van der Waals surface area contributed by atoms with Crippen LogP contribution >= 0.6 is 0 Å². The van der Waals surface area contributed by atoms with Crippen molar-refractivity contribution < 1.29 is 9.21 Å². The van der Waals surface area contributed by atoms with Crippen LogP contribution in [0, 0.1) is 12.8 Å². The third kappa shape index (κ3) is 2.84. The molecule has 3 unspecified atom stereocenters. The van der Waals surface area contributed by atoms with E-state index in [2.05, 4.69) is 22.1 Å². The van der Waals surface area contributed by atoms with Gasteiger partial charge in [-0.1, -0.05) is 29.8 Å². The molecule has 4 heterocycles. The normalized spacial score (nSPS) is 28.8. The molecule has 0 saturated carbocycles. The summed E-state index contributed by atoms with van der Waals surface area (Å²) in [6.45, 7) is 6.39. The summed E-state index contributed by atoms with van der Waals surface area (Å²) in [5.74, 6) is 1.14. The van der Waals surface area contributed by atoms with Gasteiger partial charge in [-0.2, -0.15) is 0 Å². The van der Waals surface area contributed by atoms with E-state index in [0.29, 0.717) is 17.7 Å². The number of hydrogen-bond donors (Lipinski definition) is 1. The van der Waals surface area contributed by atoms with Crippen LogP contribution in [0.2, 0.25) is 0 Å². The van der Waals surface area contributed by atoms with E-state index in [9.17, 15) is 4.79 Å². The molecule has 0 aliphatic carbocycles. The predicted molar refractivity (Wildman–Crippen MR) is 91.7 cm³/mol. The number of amides is 1. The Balaban J connectivity index is 1.45. The number of aryl methyl sites for hydroxylation is 1. The van der Waals surface area contributed by atoms with E-state index in [1.807, 2.05) is 31.2 Å². The number of oxazole rings is 1. The Morgan fingerprint density at radius 3 is 2.79 bits per heavy atom. The van der Waals surface area contributed by atoms with Crippen LogP contribution in [-0.2, 0) is 0 Å². The van der Waals surface area contributed by atoms with Gasteiger partial charge in [-0.25, -0.2) is 4.98 Å². The van der Waals surface area contributed by atoms with E-state index in [4.69, 9.17) is 4.42 Å². The fourth-order valence-electron chi connectivity index (χ4n) is 3.92. The molecule has 1 aromatic heterocycles. The van der Waals surface area contributed by atoms with Gasteiger partial charge in [0.25, 0.3) is 5.89 Å². The van der Waals surface area contributed by atoms with E-state index >= 15 is 0 Å². The molecule has 1 aromatic carbocycles. The first-order chi connectivity index (χ1) is 11.6. The molecule has 2 bridgehead atoms. The van der Waals surface area contributed by atoms with Crippen LogP contribution in [0.25, 0.3) is 11.3 Å². The lowest BCUT2D eigenvalue weighted by Crippen LogP contribution is -2.60. The number of nitrogens with zero attached hydrogens (tertiary/aromatic N) is 2. The molecule has 3 aliphatic heterocycles. The monoisotopic (exact) mass is 325 g/mol. The predicted octanol–water partition coefficient (Wildman–Crippen LogP) is 2.86. The van der Waals surface area contributed by atoms with Gasteiger partial charge in [0.15, 0.2) is 5.76 Å². The largest absolute Gasteiger partial charge is 0.432 e. The molecule has 3 saturated heterocycles. The Kier molecular flexibility index (Phi) is 3.88. The highest BCUT2D eigenvalue weighted by molar-refractivity contribution is 5.90. The number of hydrogen-bond acceptors (Lipinski definition) is 4. The highest BCUT2D eigenvalue weighted by atomic mass is 16.4. The third-order valence-electron chi connectivity index (χ3n) is 5.41. The van der Waals surface area contributed by atoms with Crippen molar-refractivity contribution in [3.8, 4) is 11.3 Å². The number of aromatic nitrogens is 1. The van der Waals surface area contributed by atoms with Crippen LogP contribution in [0.3, 0.4) is 0 Å². The van der Waals surface area contributed by atoms with Crippen LogP contribution in [0.1, 0.15) is 36.0 Å². The van der Waals surface area contributed by atoms with Crippen molar-refractivity contribution in [2.24, 2.45) is 5.92 Å². The van der Waals surface area contributed by atoms with Crippen LogP contribution in [0.4, 0.5) is 0 Å². The summed E-state index contributed by atoms with van der Waals surface area (Å²) in [5.41, 5.74) is 2.12. The SMILES string of the molecule is Cc1ccc(-c2cnc(C(=O)N[C@H]3CN4CCC3CC4C)o2)cc1. The van der Waals surface area contributed by atoms with E-state index in [1.54, 1.807) is 6.20 Å². The summed E-state index contributed by atoms with van der Waals surface area (Å²) in [7, 11) is 0. The van der Waals surface area contributed by atoms with Crippen molar-refractivity contribution in [1.82, 2.24) is 15.2 Å². The number of piperidine rings is 3. The van der Waals surface area contributed by atoms with Gasteiger partial charge in [-0.3, -0.25) is 9.69 Å². The van der Waals surface area contributed by atoms with Crippen LogP contribution < -0.4 is 5.32 Å². The maximum absolute atomic E-state index is 12.5. The number of rotatable bonds is 3. The number of benzene rings is 1. The molecular formula is C19H23N3O2. The first-order valence-corrected chi connectivity index (χ1v) is 8.68. The Morgan fingerprint density at radius 2 is 2.12 bits per heavy atom. The molecule has 3 aliphatic rings. The molecule has 2 aromatic rings. The molecule has 5 rings (SSSR count). The van der Waals surface area contributed by atoms with E-state index < -0.39 is 0 Å². The minimum absolute atomic E-state index is 0.148. The van der Waals surface area contributed by atoms with Crippen molar-refractivity contribution in [3.63, 3.8) is 0 Å². The summed E-state index contributed by atoms with van der Waals surface area (Å²) in [6, 6.07) is 8.83. The summed E-state index contributed by atoms with van der Waals surface area (Å²) in [4.78, 5) is 19.1. The molecule has 0 spiro atoms. The maximum atomic E-state index is 12.5. The van der Waals surface area contributed by atoms with E-state index in [0.717, 1.165) is 31.5 Å². The van der Waals surface area contributed by atoms with E-state index in [1.165, 1.54) is 5.56 Å². The van der Waals surface area contributed by atoms with Crippen molar-refractivity contribution in [2.45, 2.75) is 38.8 Å². The van der Waals surface area contributed by atoms with Crippen molar-refractivity contribution in [3.05, 3.63) is 41.9 Å². The standard InChI is InChI=1S/C19H23N3O2/c1-12-3-5-14(6-4-12)17-10-20-19(24-17)18(23)21-16-11-22-8-7-15(16)9-13(22)2/h3-6,10,13,15-16H,7-9,11H2,1-2H3,(H,21,23)/t13?,15?,16-/m0/s1. The highest BCUT2D eigenvalue weighted by Crippen LogP contribution is 2.32. The second-order valence-corrected chi connectivity index (χ2v) is 7.10. The zero-order valence-corrected chi connectivity index (χ0v) is 14.2. The lowest BCUT2D eigenvalue weighted by molar-refractivity contribution is 0.0267. The fraction of sp³-hybridized carbons (Fsp3) is 0.474. The zero-order valence-electron chi connectivity index (χ0n) is 14.2. The van der Waals surface area contributed by atoms with Gasteiger partial charge in [0.05, 0.1) is 6.20 Å². The lowest BCUT2D eigenvalue weighted by Gasteiger charge is -2.48. The Labute approximate surface area is 142 Å². The molecule has 126 valence electrons. The Hall–Kier alpha value is -2.14. The van der Waals surface area contributed by atoms with Crippen LogP contribution in [-0.4, -0.2) is 41.0 Å². The first kappa shape index (κ1) is 15.4. The molecule has 4 atom stereocenters. The van der Waals surface area contributed by atoms with E-state index in [-0.39, 0.29) is 17.8 Å². The number of fused-ring (bicyclic) bond motifs is 3. The van der Waals surface area contributed by atoms with Crippen LogP contribution in [0.15, 0.2) is 34.9 Å². The summed E-state index contributed by atoms with van der Waals surface area (Å²) >= 11 is 0. The number of carbonyl (C=O) groups is 1. The number of carbonyl (C=O) groups excluding carboxylic acids is 1. The summed E-state index contributed by atoms with van der Waals surface area (Å²) in [5, 5.41) is 3.12. The minimum atomic E-state index is -0.209. The molecule has 5 heteroatoms. The highest BCUT2D eigenvalue weighted by Gasteiger charge is 2.39. The first-order valence-electron chi connectivity index (χ1n) is 8.68. The van der Waals surface area contributed by atoms with Gasteiger partial charge < -0.3 is 9.73 Å². The minimum Gasteiger partial charge on any atom is -0.432 e. The summed E-state index contributed by atoms with van der Waals surface area (Å²) in [6.07, 6.45) is 3.94. The Bertz CT molecular complexity index is 737. The fourth-order valence-corrected chi connectivity index (χ4v) is 3.92. The van der Waals surface area contributed by atoms with Gasteiger partial charge in [-0.05, 0) is 39.2 Å². The molecular weight excluding hydrogens is 302 g/mol. The van der Waals surface area contributed by atoms with Crippen molar-refractivity contribution in [1.29, 1.82) is 0 Å². The quantitative estimate of drug-likeness (QED) is 0.943. The number of nitrogens with one attached hydrogen (secondary N) is 1. The van der Waals surface area contributed by atoms with Gasteiger partial charge >= 0.3 is 5.91 Å². The van der Waals surface area contributed by atoms with Crippen molar-refractivity contribution >= 4 is 5.91 Å². The maximum Gasteiger partial charge on any atom is 0.307 e. The smallest absolute Gasteiger partial charge is 0.307 e. The Morgan fingerprint density at radius 1 is 1.33 bits per heavy atom. The average molecular weight is 325 g/mol. The second-order valence-electron chi connectivity index (χ2n) is 7.10. The van der Waals surface area contributed by atoms with Crippen LogP contribution in [0.5, 0.6) is 0 Å². The summed E-state index contributed by atoms with van der Waals surface area (Å²) < 4.78 is 5.68. The molecule has 5 nitrogen and oxygen atoms in total. The topological polar surface area (TPSA) is 58.4 Å². The second kappa shape index (κ2) is 6.06.